The van der Waals surface area contributed by atoms with E-state index < -0.39 is 0 Å². The lowest BCUT2D eigenvalue weighted by atomic mass is 10.1. The van der Waals surface area contributed by atoms with Gasteiger partial charge in [-0.2, -0.15) is 5.10 Å². The zero-order valence-corrected chi connectivity index (χ0v) is 11.9. The molecule has 0 aliphatic rings. The minimum atomic E-state index is -0.218. The van der Waals surface area contributed by atoms with E-state index in [1.807, 2.05) is 11.6 Å². The summed E-state index contributed by atoms with van der Waals surface area (Å²) in [5, 5.41) is 7.91. The summed E-state index contributed by atoms with van der Waals surface area (Å²) in [6.45, 7) is 9.16. The van der Waals surface area contributed by atoms with E-state index in [2.05, 4.69) is 31.2 Å². The van der Waals surface area contributed by atoms with Crippen LogP contribution in [0.1, 0.15) is 36.8 Å². The van der Waals surface area contributed by atoms with Gasteiger partial charge in [-0.15, -0.1) is 0 Å². The normalized spacial score (nSPS) is 12.5. The Morgan fingerprint density at radius 2 is 1.89 bits per heavy atom. The van der Waals surface area contributed by atoms with E-state index >= 15 is 0 Å². The highest BCUT2D eigenvalue weighted by molar-refractivity contribution is 5.46. The molecule has 2 aromatic rings. The van der Waals surface area contributed by atoms with Crippen LogP contribution in [0.4, 0.5) is 10.1 Å². The average Bonchev–Trinajstić information content (AvgIpc) is 2.67. The van der Waals surface area contributed by atoms with E-state index in [4.69, 9.17) is 0 Å². The molecule has 1 aromatic heterocycles. The lowest BCUT2D eigenvalue weighted by Gasteiger charge is -2.16. The molecule has 102 valence electrons. The monoisotopic (exact) mass is 261 g/mol. The smallest absolute Gasteiger partial charge is 0.123 e. The predicted molar refractivity (Wildman–Crippen MR) is 75.8 cm³/mol. The van der Waals surface area contributed by atoms with Gasteiger partial charge < -0.3 is 5.32 Å². The predicted octanol–water partition coefficient (Wildman–Crippen LogP) is 3.83. The second-order valence-electron chi connectivity index (χ2n) is 4.77. The summed E-state index contributed by atoms with van der Waals surface area (Å²) in [5.41, 5.74) is 4.35. The molecule has 0 aliphatic heterocycles. The van der Waals surface area contributed by atoms with Gasteiger partial charge in [0.05, 0.1) is 11.7 Å². The Bertz CT molecular complexity index is 558. The van der Waals surface area contributed by atoms with E-state index in [1.54, 1.807) is 12.1 Å². The lowest BCUT2D eigenvalue weighted by molar-refractivity contribution is 0.627. The van der Waals surface area contributed by atoms with Gasteiger partial charge in [0.25, 0.3) is 0 Å². The number of nitrogens with one attached hydrogen (secondary N) is 1. The van der Waals surface area contributed by atoms with Crippen molar-refractivity contribution in [2.45, 2.75) is 40.3 Å². The molecular formula is C15H20FN3. The summed E-state index contributed by atoms with van der Waals surface area (Å²) >= 11 is 0. The van der Waals surface area contributed by atoms with Crippen molar-refractivity contribution in [1.29, 1.82) is 0 Å². The molecule has 3 nitrogen and oxygen atoms in total. The van der Waals surface area contributed by atoms with Crippen molar-refractivity contribution in [3.05, 3.63) is 47.0 Å². The summed E-state index contributed by atoms with van der Waals surface area (Å²) in [7, 11) is 0. The molecule has 0 amide bonds. The van der Waals surface area contributed by atoms with E-state index in [0.717, 1.165) is 17.9 Å². The fourth-order valence-electron chi connectivity index (χ4n) is 2.51. The van der Waals surface area contributed by atoms with Gasteiger partial charge in [0.1, 0.15) is 5.82 Å². The van der Waals surface area contributed by atoms with Gasteiger partial charge in [0, 0.05) is 23.5 Å². The van der Waals surface area contributed by atoms with Crippen molar-refractivity contribution in [3.8, 4) is 0 Å². The number of hydrogen-bond acceptors (Lipinski definition) is 2. The number of nitrogens with zero attached hydrogens (tertiary/aromatic N) is 2. The second kappa shape index (κ2) is 5.43. The highest BCUT2D eigenvalue weighted by Gasteiger charge is 2.16. The van der Waals surface area contributed by atoms with Crippen molar-refractivity contribution in [2.75, 3.05) is 5.32 Å². The average molecular weight is 261 g/mol. The standard InChI is InChI=1S/C15H20FN3/c1-5-19-12(4)15(11(3)18-19)10(2)17-14-8-6-13(16)7-9-14/h6-10,17H,5H2,1-4H3. The number of rotatable bonds is 4. The largest absolute Gasteiger partial charge is 0.378 e. The number of halogens is 1. The van der Waals surface area contributed by atoms with Gasteiger partial charge in [0.15, 0.2) is 0 Å². The summed E-state index contributed by atoms with van der Waals surface area (Å²) in [5.74, 6) is -0.218. The van der Waals surface area contributed by atoms with Crippen LogP contribution in [0.3, 0.4) is 0 Å². The third-order valence-corrected chi connectivity index (χ3v) is 3.40. The molecule has 1 unspecified atom stereocenters. The zero-order valence-electron chi connectivity index (χ0n) is 11.9. The van der Waals surface area contributed by atoms with E-state index in [9.17, 15) is 4.39 Å². The molecular weight excluding hydrogens is 241 g/mol. The van der Waals surface area contributed by atoms with E-state index in [1.165, 1.54) is 23.4 Å². The van der Waals surface area contributed by atoms with Crippen LogP contribution in [0.15, 0.2) is 24.3 Å². The number of benzene rings is 1. The maximum atomic E-state index is 12.9. The highest BCUT2D eigenvalue weighted by Crippen LogP contribution is 2.25. The molecule has 0 radical (unpaired) electrons. The Balaban J connectivity index is 2.22. The van der Waals surface area contributed by atoms with Gasteiger partial charge in [-0.05, 0) is 52.0 Å². The summed E-state index contributed by atoms with van der Waals surface area (Å²) in [4.78, 5) is 0. The third kappa shape index (κ3) is 2.78. The summed E-state index contributed by atoms with van der Waals surface area (Å²) in [6.07, 6.45) is 0. The third-order valence-electron chi connectivity index (χ3n) is 3.40. The van der Waals surface area contributed by atoms with Crippen molar-refractivity contribution in [3.63, 3.8) is 0 Å². The summed E-state index contributed by atoms with van der Waals surface area (Å²) < 4.78 is 14.9. The van der Waals surface area contributed by atoms with Crippen LogP contribution in [0, 0.1) is 19.7 Å². The molecule has 0 saturated heterocycles. The molecule has 0 bridgehead atoms. The van der Waals surface area contributed by atoms with Crippen molar-refractivity contribution >= 4 is 5.69 Å². The molecule has 2 rings (SSSR count). The van der Waals surface area contributed by atoms with Crippen LogP contribution >= 0.6 is 0 Å². The number of aromatic nitrogens is 2. The van der Waals surface area contributed by atoms with E-state index in [0.29, 0.717) is 0 Å². The minimum absolute atomic E-state index is 0.144. The first-order chi connectivity index (χ1) is 9.02. The quantitative estimate of drug-likeness (QED) is 0.906. The first-order valence-corrected chi connectivity index (χ1v) is 6.59. The van der Waals surface area contributed by atoms with Gasteiger partial charge >= 0.3 is 0 Å². The molecule has 1 aromatic carbocycles. The van der Waals surface area contributed by atoms with Crippen LogP contribution < -0.4 is 5.32 Å². The molecule has 4 heteroatoms. The fraction of sp³-hybridized carbons (Fsp3) is 0.400. The van der Waals surface area contributed by atoms with Gasteiger partial charge in [-0.3, -0.25) is 4.68 Å². The summed E-state index contributed by atoms with van der Waals surface area (Å²) in [6, 6.07) is 6.57. The number of aryl methyl sites for hydroxylation is 2. The Kier molecular flexibility index (Phi) is 3.88. The molecule has 1 heterocycles. The SMILES string of the molecule is CCn1nc(C)c(C(C)Nc2ccc(F)cc2)c1C. The van der Waals surface area contributed by atoms with Crippen LogP contribution in [0.5, 0.6) is 0 Å². The topological polar surface area (TPSA) is 29.9 Å². The molecule has 1 N–H and O–H groups in total. The number of hydrogen-bond donors (Lipinski definition) is 1. The zero-order chi connectivity index (χ0) is 14.0. The molecule has 19 heavy (non-hydrogen) atoms. The first-order valence-electron chi connectivity index (χ1n) is 6.59. The van der Waals surface area contributed by atoms with Crippen molar-refractivity contribution in [1.82, 2.24) is 9.78 Å². The molecule has 1 atom stereocenters. The fourth-order valence-corrected chi connectivity index (χ4v) is 2.51. The van der Waals surface area contributed by atoms with Gasteiger partial charge in [-0.25, -0.2) is 4.39 Å². The Morgan fingerprint density at radius 1 is 1.26 bits per heavy atom. The molecule has 0 saturated carbocycles. The Hall–Kier alpha value is -1.84. The van der Waals surface area contributed by atoms with Crippen LogP contribution in [-0.4, -0.2) is 9.78 Å². The lowest BCUT2D eigenvalue weighted by Crippen LogP contribution is -2.09. The first kappa shape index (κ1) is 13.6. The van der Waals surface area contributed by atoms with E-state index in [-0.39, 0.29) is 11.9 Å². The Labute approximate surface area is 113 Å². The van der Waals surface area contributed by atoms with Crippen LogP contribution in [0.2, 0.25) is 0 Å². The van der Waals surface area contributed by atoms with Crippen LogP contribution in [-0.2, 0) is 6.54 Å². The van der Waals surface area contributed by atoms with Crippen LogP contribution in [0.25, 0.3) is 0 Å². The van der Waals surface area contributed by atoms with Gasteiger partial charge in [-0.1, -0.05) is 0 Å². The second-order valence-corrected chi connectivity index (χ2v) is 4.77. The highest BCUT2D eigenvalue weighted by atomic mass is 19.1. The molecule has 0 fully saturated rings. The van der Waals surface area contributed by atoms with Crippen molar-refractivity contribution in [2.24, 2.45) is 0 Å². The van der Waals surface area contributed by atoms with Crippen molar-refractivity contribution < 1.29 is 4.39 Å². The van der Waals surface area contributed by atoms with Gasteiger partial charge in [0.2, 0.25) is 0 Å². The maximum absolute atomic E-state index is 12.9. The molecule has 0 aliphatic carbocycles. The Morgan fingerprint density at radius 3 is 2.42 bits per heavy atom. The molecule has 0 spiro atoms. The minimum Gasteiger partial charge on any atom is -0.378 e. The number of anilines is 1. The maximum Gasteiger partial charge on any atom is 0.123 e.